The molecule has 128 valence electrons. The summed E-state index contributed by atoms with van der Waals surface area (Å²) < 4.78 is 39.9. The van der Waals surface area contributed by atoms with Crippen molar-refractivity contribution in [2.75, 3.05) is 6.54 Å². The van der Waals surface area contributed by atoms with Crippen LogP contribution >= 0.6 is 0 Å². The fourth-order valence-corrected chi connectivity index (χ4v) is 3.24. The van der Waals surface area contributed by atoms with Crippen molar-refractivity contribution in [1.82, 2.24) is 15.1 Å². The van der Waals surface area contributed by atoms with E-state index >= 15 is 0 Å². The van der Waals surface area contributed by atoms with Gasteiger partial charge in [0.2, 0.25) is 0 Å². The number of alkyl halides is 3. The molecule has 0 saturated heterocycles. The Balaban J connectivity index is 1.74. The summed E-state index contributed by atoms with van der Waals surface area (Å²) in [6.45, 7) is 0.321. The van der Waals surface area contributed by atoms with Crippen molar-refractivity contribution in [2.45, 2.75) is 31.4 Å². The monoisotopic (exact) mass is 337 g/mol. The summed E-state index contributed by atoms with van der Waals surface area (Å²) >= 11 is 0. The number of benzene rings is 1. The lowest BCUT2D eigenvalue weighted by Crippen LogP contribution is -2.31. The average molecular weight is 337 g/mol. The third-order valence-electron chi connectivity index (χ3n) is 4.34. The molecule has 1 heterocycles. The molecule has 1 N–H and O–H groups in total. The number of carbonyl (C=O) groups is 1. The zero-order valence-electron chi connectivity index (χ0n) is 13.2. The van der Waals surface area contributed by atoms with Gasteiger partial charge in [-0.05, 0) is 30.4 Å². The van der Waals surface area contributed by atoms with Crippen LogP contribution in [0, 0.1) is 0 Å². The topological polar surface area (TPSA) is 46.9 Å². The number of rotatable bonds is 3. The number of amides is 1. The molecule has 1 aromatic heterocycles. The smallest absolute Gasteiger partial charge is 0.351 e. The van der Waals surface area contributed by atoms with Gasteiger partial charge in [0.05, 0.1) is 5.56 Å². The van der Waals surface area contributed by atoms with Gasteiger partial charge >= 0.3 is 6.18 Å². The largest absolute Gasteiger partial charge is 0.435 e. The molecular formula is C17H18F3N3O. The van der Waals surface area contributed by atoms with Gasteiger partial charge in [0.25, 0.3) is 5.91 Å². The number of nitrogens with zero attached hydrogens (tertiary/aromatic N) is 2. The van der Waals surface area contributed by atoms with Gasteiger partial charge in [-0.1, -0.05) is 24.3 Å². The summed E-state index contributed by atoms with van der Waals surface area (Å²) in [5.41, 5.74) is 0.840. The van der Waals surface area contributed by atoms with Crippen LogP contribution in [0.2, 0.25) is 0 Å². The van der Waals surface area contributed by atoms with E-state index in [0.717, 1.165) is 30.1 Å². The second kappa shape index (κ2) is 6.30. The number of carbonyl (C=O) groups excluding carboxylic acids is 1. The van der Waals surface area contributed by atoms with E-state index in [4.69, 9.17) is 0 Å². The van der Waals surface area contributed by atoms with Crippen molar-refractivity contribution in [3.63, 3.8) is 0 Å². The molecule has 2 aromatic rings. The molecule has 1 unspecified atom stereocenters. The van der Waals surface area contributed by atoms with Crippen LogP contribution in [-0.4, -0.2) is 22.2 Å². The van der Waals surface area contributed by atoms with Gasteiger partial charge in [0, 0.05) is 25.7 Å². The van der Waals surface area contributed by atoms with Crippen LogP contribution in [0.4, 0.5) is 13.2 Å². The van der Waals surface area contributed by atoms with Crippen molar-refractivity contribution < 1.29 is 18.0 Å². The Morgan fingerprint density at radius 3 is 2.88 bits per heavy atom. The quantitative estimate of drug-likeness (QED) is 0.934. The zero-order valence-corrected chi connectivity index (χ0v) is 13.2. The first-order valence-electron chi connectivity index (χ1n) is 7.83. The Kier molecular flexibility index (Phi) is 4.34. The lowest BCUT2D eigenvalue weighted by atomic mass is 9.83. The van der Waals surface area contributed by atoms with Gasteiger partial charge in [-0.2, -0.15) is 18.3 Å². The number of hydrogen-bond acceptors (Lipinski definition) is 2. The van der Waals surface area contributed by atoms with E-state index in [0.29, 0.717) is 6.54 Å². The van der Waals surface area contributed by atoms with Crippen molar-refractivity contribution in [2.24, 2.45) is 7.05 Å². The highest BCUT2D eigenvalue weighted by molar-refractivity contribution is 5.95. The minimum Gasteiger partial charge on any atom is -0.351 e. The second-order valence-electron chi connectivity index (χ2n) is 6.06. The predicted octanol–water partition coefficient (Wildman–Crippen LogP) is 3.29. The van der Waals surface area contributed by atoms with E-state index in [9.17, 15) is 18.0 Å². The molecule has 1 atom stereocenters. The maximum atomic E-state index is 13.0. The molecule has 0 bridgehead atoms. The highest BCUT2D eigenvalue weighted by Gasteiger charge is 2.39. The summed E-state index contributed by atoms with van der Waals surface area (Å²) in [6, 6.07) is 8.01. The number of nitrogens with one attached hydrogen (secondary N) is 1. The van der Waals surface area contributed by atoms with E-state index < -0.39 is 23.3 Å². The maximum Gasteiger partial charge on any atom is 0.435 e. The molecular weight excluding hydrogens is 319 g/mol. The van der Waals surface area contributed by atoms with Crippen LogP contribution in [0.3, 0.4) is 0 Å². The van der Waals surface area contributed by atoms with Gasteiger partial charge in [-0.15, -0.1) is 0 Å². The first-order chi connectivity index (χ1) is 11.4. The average Bonchev–Trinajstić information content (AvgIpc) is 2.95. The summed E-state index contributed by atoms with van der Waals surface area (Å²) in [5.74, 6) is -0.608. The molecule has 1 amide bonds. The molecule has 24 heavy (non-hydrogen) atoms. The molecule has 0 aliphatic heterocycles. The summed E-state index contributed by atoms with van der Waals surface area (Å²) in [6.07, 6.45) is -0.617. The Morgan fingerprint density at radius 1 is 1.38 bits per heavy atom. The molecule has 7 heteroatoms. The van der Waals surface area contributed by atoms with Crippen molar-refractivity contribution in [1.29, 1.82) is 0 Å². The van der Waals surface area contributed by atoms with E-state index in [-0.39, 0.29) is 5.92 Å². The van der Waals surface area contributed by atoms with Crippen LogP contribution in [0.5, 0.6) is 0 Å². The second-order valence-corrected chi connectivity index (χ2v) is 6.06. The molecule has 3 rings (SSSR count). The molecule has 0 saturated carbocycles. The molecule has 1 aromatic carbocycles. The number of hydrogen-bond donors (Lipinski definition) is 1. The Morgan fingerprint density at radius 2 is 2.12 bits per heavy atom. The Bertz CT molecular complexity index is 752. The number of fused-ring (bicyclic) bond motifs is 1. The van der Waals surface area contributed by atoms with E-state index in [1.54, 1.807) is 0 Å². The van der Waals surface area contributed by atoms with Crippen molar-refractivity contribution >= 4 is 5.91 Å². The van der Waals surface area contributed by atoms with E-state index in [2.05, 4.69) is 16.5 Å². The van der Waals surface area contributed by atoms with Crippen LogP contribution in [0.15, 0.2) is 30.5 Å². The van der Waals surface area contributed by atoms with Crippen LogP contribution in [0.1, 0.15) is 45.9 Å². The van der Waals surface area contributed by atoms with Crippen LogP contribution in [-0.2, 0) is 19.6 Å². The standard InChI is InChI=1S/C17H18F3N3O/c1-23-10-14(15(22-23)17(18,19)20)16(24)21-9-12-7-4-6-11-5-2-3-8-13(11)12/h2-3,5,8,10,12H,4,6-7,9H2,1H3,(H,21,24). The van der Waals surface area contributed by atoms with Crippen LogP contribution in [0.25, 0.3) is 0 Å². The molecule has 0 spiro atoms. The minimum atomic E-state index is -4.65. The van der Waals surface area contributed by atoms with E-state index in [1.807, 2.05) is 18.2 Å². The Labute approximate surface area is 137 Å². The molecule has 1 aliphatic rings. The Hall–Kier alpha value is -2.31. The van der Waals surface area contributed by atoms with Gasteiger partial charge in [-0.3, -0.25) is 9.48 Å². The minimum absolute atomic E-state index is 0.130. The van der Waals surface area contributed by atoms with E-state index in [1.165, 1.54) is 18.2 Å². The third kappa shape index (κ3) is 3.29. The SMILES string of the molecule is Cn1cc(C(=O)NCC2CCCc3ccccc32)c(C(F)(F)F)n1. The summed E-state index contributed by atoms with van der Waals surface area (Å²) in [5, 5.41) is 6.01. The van der Waals surface area contributed by atoms with Crippen molar-refractivity contribution in [3.8, 4) is 0 Å². The zero-order chi connectivity index (χ0) is 17.3. The first-order valence-corrected chi connectivity index (χ1v) is 7.83. The third-order valence-corrected chi connectivity index (χ3v) is 4.34. The maximum absolute atomic E-state index is 13.0. The predicted molar refractivity (Wildman–Crippen MR) is 82.7 cm³/mol. The highest BCUT2D eigenvalue weighted by Crippen LogP contribution is 2.32. The van der Waals surface area contributed by atoms with Crippen LogP contribution < -0.4 is 5.32 Å². The molecule has 0 radical (unpaired) electrons. The number of aryl methyl sites for hydroxylation is 2. The summed E-state index contributed by atoms with van der Waals surface area (Å²) in [7, 11) is 1.36. The molecule has 1 aliphatic carbocycles. The van der Waals surface area contributed by atoms with Gasteiger partial charge in [0.15, 0.2) is 5.69 Å². The van der Waals surface area contributed by atoms with Gasteiger partial charge < -0.3 is 5.32 Å². The molecule has 4 nitrogen and oxygen atoms in total. The highest BCUT2D eigenvalue weighted by atomic mass is 19.4. The van der Waals surface area contributed by atoms with Crippen molar-refractivity contribution in [3.05, 3.63) is 52.8 Å². The lowest BCUT2D eigenvalue weighted by molar-refractivity contribution is -0.141. The summed E-state index contributed by atoms with van der Waals surface area (Å²) in [4.78, 5) is 12.2. The fourth-order valence-electron chi connectivity index (χ4n) is 3.24. The van der Waals surface area contributed by atoms with Gasteiger partial charge in [0.1, 0.15) is 0 Å². The molecule has 0 fully saturated rings. The normalized spacial score (nSPS) is 17.4. The number of halogens is 3. The van der Waals surface area contributed by atoms with Gasteiger partial charge in [-0.25, -0.2) is 0 Å². The first kappa shape index (κ1) is 16.5. The fraction of sp³-hybridized carbons (Fsp3) is 0.412. The lowest BCUT2D eigenvalue weighted by Gasteiger charge is -2.25. The number of aromatic nitrogens is 2.